The summed E-state index contributed by atoms with van der Waals surface area (Å²) in [6.07, 6.45) is 5.76. The lowest BCUT2D eigenvalue weighted by atomic mass is 9.87. The van der Waals surface area contributed by atoms with E-state index >= 15 is 0 Å². The number of nitrogens with zero attached hydrogens (tertiary/aromatic N) is 1. The summed E-state index contributed by atoms with van der Waals surface area (Å²) in [5, 5.41) is 2.96. The molecule has 2 aromatic rings. The molecule has 1 N–H and O–H groups in total. The van der Waals surface area contributed by atoms with E-state index in [2.05, 4.69) is 40.5 Å². The monoisotopic (exact) mass is 374 g/mol. The highest BCUT2D eigenvalue weighted by atomic mass is 16.2. The van der Waals surface area contributed by atoms with Crippen LogP contribution >= 0.6 is 0 Å². The summed E-state index contributed by atoms with van der Waals surface area (Å²) < 4.78 is 0. The first-order valence-electron chi connectivity index (χ1n) is 10.5. The van der Waals surface area contributed by atoms with E-state index in [1.807, 2.05) is 18.2 Å². The molecule has 0 spiro atoms. The number of hydrogen-bond acceptors (Lipinski definition) is 2. The van der Waals surface area contributed by atoms with E-state index in [9.17, 15) is 9.59 Å². The second-order valence-electron chi connectivity index (χ2n) is 8.41. The smallest absolute Gasteiger partial charge is 0.254 e. The van der Waals surface area contributed by atoms with Crippen molar-refractivity contribution in [2.45, 2.75) is 50.5 Å². The third-order valence-corrected chi connectivity index (χ3v) is 6.81. The van der Waals surface area contributed by atoms with Crippen LogP contribution in [0.1, 0.15) is 59.5 Å². The minimum Gasteiger partial charge on any atom is -0.335 e. The topological polar surface area (TPSA) is 49.4 Å². The number of anilines is 1. The first-order valence-corrected chi connectivity index (χ1v) is 10.5. The van der Waals surface area contributed by atoms with Crippen molar-refractivity contribution in [3.63, 3.8) is 0 Å². The maximum absolute atomic E-state index is 13.4. The highest BCUT2D eigenvalue weighted by molar-refractivity contribution is 5.97. The molecule has 28 heavy (non-hydrogen) atoms. The highest BCUT2D eigenvalue weighted by Gasteiger charge is 2.46. The Morgan fingerprint density at radius 1 is 1.00 bits per heavy atom. The molecule has 2 aliphatic heterocycles. The molecule has 3 unspecified atom stereocenters. The Balaban J connectivity index is 1.42. The Labute approximate surface area is 165 Å². The van der Waals surface area contributed by atoms with Crippen LogP contribution in [0.2, 0.25) is 0 Å². The van der Waals surface area contributed by atoms with Crippen LogP contribution in [-0.2, 0) is 11.2 Å². The summed E-state index contributed by atoms with van der Waals surface area (Å²) in [5.74, 6) is 1.23. The molecule has 4 heteroatoms. The van der Waals surface area contributed by atoms with Gasteiger partial charge in [-0.2, -0.15) is 0 Å². The fourth-order valence-corrected chi connectivity index (χ4v) is 5.47. The average molecular weight is 374 g/mol. The van der Waals surface area contributed by atoms with Gasteiger partial charge in [0.2, 0.25) is 5.91 Å². The van der Waals surface area contributed by atoms with Crippen LogP contribution in [0.4, 0.5) is 5.69 Å². The summed E-state index contributed by atoms with van der Waals surface area (Å²) in [7, 11) is 0. The van der Waals surface area contributed by atoms with E-state index in [0.717, 1.165) is 42.6 Å². The van der Waals surface area contributed by atoms with E-state index < -0.39 is 0 Å². The van der Waals surface area contributed by atoms with E-state index in [-0.39, 0.29) is 11.8 Å². The molecule has 2 fully saturated rings. The second-order valence-corrected chi connectivity index (χ2v) is 8.41. The molecule has 0 aromatic heterocycles. The number of hydrogen-bond donors (Lipinski definition) is 1. The lowest BCUT2D eigenvalue weighted by Gasteiger charge is -2.24. The van der Waals surface area contributed by atoms with E-state index in [1.165, 1.54) is 18.4 Å². The summed E-state index contributed by atoms with van der Waals surface area (Å²) in [4.78, 5) is 27.4. The van der Waals surface area contributed by atoms with Crippen LogP contribution in [0.25, 0.3) is 0 Å². The van der Waals surface area contributed by atoms with Crippen LogP contribution in [0.5, 0.6) is 0 Å². The van der Waals surface area contributed by atoms with Gasteiger partial charge in [0.05, 0.1) is 0 Å². The zero-order valence-electron chi connectivity index (χ0n) is 16.1. The molecular weight excluding hydrogens is 348 g/mol. The van der Waals surface area contributed by atoms with Crippen molar-refractivity contribution < 1.29 is 9.59 Å². The van der Waals surface area contributed by atoms with Crippen LogP contribution in [0, 0.1) is 5.92 Å². The third-order valence-electron chi connectivity index (χ3n) is 6.81. The Morgan fingerprint density at radius 3 is 2.71 bits per heavy atom. The van der Waals surface area contributed by atoms with Gasteiger partial charge in [0.1, 0.15) is 0 Å². The van der Waals surface area contributed by atoms with Crippen molar-refractivity contribution in [3.8, 4) is 0 Å². The zero-order valence-corrected chi connectivity index (χ0v) is 16.1. The Bertz CT molecular complexity index is 908. The number of benzene rings is 2. The zero-order chi connectivity index (χ0) is 19.1. The molecule has 0 radical (unpaired) electrons. The van der Waals surface area contributed by atoms with Crippen molar-refractivity contribution in [2.75, 3.05) is 11.9 Å². The van der Waals surface area contributed by atoms with E-state index in [4.69, 9.17) is 0 Å². The highest BCUT2D eigenvalue weighted by Crippen LogP contribution is 2.46. The number of nitrogens with one attached hydrogen (secondary N) is 1. The quantitative estimate of drug-likeness (QED) is 0.849. The van der Waals surface area contributed by atoms with Gasteiger partial charge in [0.15, 0.2) is 0 Å². The standard InChI is InChI=1S/C24H26N2O2/c27-23-11-4-8-17-14-18(12-13-21(17)25-23)24(28)26-15-20(16-6-2-1-3-7-16)19-9-5-10-22(19)26/h1-3,6-7,12-14,19-20,22H,4-5,8-11,15H2,(H,25,27). The molecule has 1 aliphatic carbocycles. The molecule has 3 atom stereocenters. The molecule has 0 bridgehead atoms. The van der Waals surface area contributed by atoms with Crippen molar-refractivity contribution in [3.05, 3.63) is 65.2 Å². The molecule has 1 saturated carbocycles. The van der Waals surface area contributed by atoms with Gasteiger partial charge in [-0.05, 0) is 60.9 Å². The molecule has 2 amide bonds. The molecule has 4 nitrogen and oxygen atoms in total. The maximum atomic E-state index is 13.4. The van der Waals surface area contributed by atoms with Gasteiger partial charge in [0, 0.05) is 36.2 Å². The number of amides is 2. The molecule has 3 aliphatic rings. The summed E-state index contributed by atoms with van der Waals surface area (Å²) >= 11 is 0. The third kappa shape index (κ3) is 3.01. The van der Waals surface area contributed by atoms with Crippen molar-refractivity contribution in [2.24, 2.45) is 5.92 Å². The van der Waals surface area contributed by atoms with Gasteiger partial charge in [-0.1, -0.05) is 36.8 Å². The second kappa shape index (κ2) is 7.08. The van der Waals surface area contributed by atoms with Gasteiger partial charge in [-0.3, -0.25) is 9.59 Å². The molecular formula is C24H26N2O2. The number of carbonyl (C=O) groups is 2. The van der Waals surface area contributed by atoms with Gasteiger partial charge in [-0.15, -0.1) is 0 Å². The van der Waals surface area contributed by atoms with Crippen LogP contribution in [-0.4, -0.2) is 29.3 Å². The van der Waals surface area contributed by atoms with Crippen LogP contribution < -0.4 is 5.32 Å². The Hall–Kier alpha value is -2.62. The fourth-order valence-electron chi connectivity index (χ4n) is 5.47. The Morgan fingerprint density at radius 2 is 1.86 bits per heavy atom. The number of aryl methyl sites for hydroxylation is 1. The minimum atomic E-state index is 0.0665. The Kier molecular flexibility index (Phi) is 4.42. The lowest BCUT2D eigenvalue weighted by molar-refractivity contribution is -0.116. The predicted molar refractivity (Wildman–Crippen MR) is 109 cm³/mol. The maximum Gasteiger partial charge on any atom is 0.254 e. The summed E-state index contributed by atoms with van der Waals surface area (Å²) in [5.41, 5.74) is 4.06. The number of rotatable bonds is 2. The minimum absolute atomic E-state index is 0.0665. The lowest BCUT2D eigenvalue weighted by Crippen LogP contribution is -2.36. The van der Waals surface area contributed by atoms with Gasteiger partial charge in [-0.25, -0.2) is 0 Å². The summed E-state index contributed by atoms with van der Waals surface area (Å²) in [6.45, 7) is 0.812. The molecule has 2 aromatic carbocycles. The van der Waals surface area contributed by atoms with Crippen LogP contribution in [0.3, 0.4) is 0 Å². The van der Waals surface area contributed by atoms with Gasteiger partial charge >= 0.3 is 0 Å². The summed E-state index contributed by atoms with van der Waals surface area (Å²) in [6, 6.07) is 16.8. The largest absolute Gasteiger partial charge is 0.335 e. The molecule has 1 saturated heterocycles. The first kappa shape index (κ1) is 17.5. The fraction of sp³-hybridized carbons (Fsp3) is 0.417. The average Bonchev–Trinajstić information content (AvgIpc) is 3.27. The predicted octanol–water partition coefficient (Wildman–Crippen LogP) is 4.37. The van der Waals surface area contributed by atoms with Crippen molar-refractivity contribution in [1.82, 2.24) is 4.90 Å². The SMILES string of the molecule is O=C1CCCc2cc(C(=O)N3CC(c4ccccc4)C4CCCC43)ccc2N1. The number of fused-ring (bicyclic) bond motifs is 2. The molecule has 144 valence electrons. The number of carbonyl (C=O) groups excluding carboxylic acids is 2. The van der Waals surface area contributed by atoms with E-state index in [0.29, 0.717) is 24.3 Å². The number of likely N-dealkylation sites (tertiary alicyclic amines) is 1. The molecule has 5 rings (SSSR count). The first-order chi connectivity index (χ1) is 13.7. The molecule has 2 heterocycles. The van der Waals surface area contributed by atoms with Gasteiger partial charge < -0.3 is 10.2 Å². The van der Waals surface area contributed by atoms with Crippen LogP contribution in [0.15, 0.2) is 48.5 Å². The van der Waals surface area contributed by atoms with Gasteiger partial charge in [0.25, 0.3) is 5.91 Å². The van der Waals surface area contributed by atoms with Crippen molar-refractivity contribution in [1.29, 1.82) is 0 Å². The van der Waals surface area contributed by atoms with E-state index in [1.54, 1.807) is 0 Å². The van der Waals surface area contributed by atoms with Crippen molar-refractivity contribution >= 4 is 17.5 Å². The normalized spacial score (nSPS) is 26.4.